The Morgan fingerprint density at radius 3 is 2.36 bits per heavy atom. The smallest absolute Gasteiger partial charge is 0.0483 e. The van der Waals surface area contributed by atoms with Crippen LogP contribution in [0, 0.1) is 6.92 Å². The van der Waals surface area contributed by atoms with E-state index in [0.29, 0.717) is 0 Å². The van der Waals surface area contributed by atoms with Gasteiger partial charge in [0.2, 0.25) is 0 Å². The molecule has 0 saturated carbocycles. The van der Waals surface area contributed by atoms with Gasteiger partial charge < -0.3 is 0 Å². The Morgan fingerprint density at radius 2 is 1.93 bits per heavy atom. The summed E-state index contributed by atoms with van der Waals surface area (Å²) >= 11 is 6.04. The maximum atomic E-state index is 6.04. The first-order valence-electron chi connectivity index (χ1n) is 5.10. The van der Waals surface area contributed by atoms with E-state index >= 15 is 0 Å². The number of hydrogen-bond donors (Lipinski definition) is 0. The average Bonchev–Trinajstić information content (AvgIpc) is 2.20. The van der Waals surface area contributed by atoms with Crippen LogP contribution in [0.15, 0.2) is 24.8 Å². The normalized spacial score (nSPS) is 8.93. The Morgan fingerprint density at radius 1 is 1.36 bits per heavy atom. The van der Waals surface area contributed by atoms with Gasteiger partial charge in [-0.1, -0.05) is 51.1 Å². The molecule has 1 aromatic rings. The Hall–Kier alpha value is -0.750. The Labute approximate surface area is 92.6 Å². The van der Waals surface area contributed by atoms with Crippen LogP contribution in [0.4, 0.5) is 0 Å². The SMILES string of the molecule is C=C(CC)c1c(C)cccc1Cl.CC. The third kappa shape index (κ3) is 3.19. The van der Waals surface area contributed by atoms with Crippen LogP contribution in [0.25, 0.3) is 5.57 Å². The molecule has 14 heavy (non-hydrogen) atoms. The molecule has 0 aliphatic carbocycles. The predicted molar refractivity (Wildman–Crippen MR) is 66.9 cm³/mol. The Balaban J connectivity index is 0.000000791. The first-order chi connectivity index (χ1) is 6.66. The average molecular weight is 211 g/mol. The minimum absolute atomic E-state index is 0.807. The first-order valence-corrected chi connectivity index (χ1v) is 5.48. The fourth-order valence-corrected chi connectivity index (χ4v) is 1.61. The monoisotopic (exact) mass is 210 g/mol. The van der Waals surface area contributed by atoms with Gasteiger partial charge in [0.1, 0.15) is 0 Å². The van der Waals surface area contributed by atoms with Crippen molar-refractivity contribution in [3.63, 3.8) is 0 Å². The molecule has 0 unspecified atom stereocenters. The van der Waals surface area contributed by atoms with Gasteiger partial charge in [-0.15, -0.1) is 0 Å². The second-order valence-electron chi connectivity index (χ2n) is 2.89. The zero-order valence-corrected chi connectivity index (χ0v) is 10.3. The van der Waals surface area contributed by atoms with E-state index in [1.54, 1.807) is 0 Å². The fourth-order valence-electron chi connectivity index (χ4n) is 1.26. The molecular formula is C13H19Cl. The molecule has 0 N–H and O–H groups in total. The molecule has 0 aliphatic rings. The van der Waals surface area contributed by atoms with Gasteiger partial charge >= 0.3 is 0 Å². The first kappa shape index (κ1) is 13.2. The molecule has 1 heteroatoms. The summed E-state index contributed by atoms with van der Waals surface area (Å²) in [7, 11) is 0. The summed E-state index contributed by atoms with van der Waals surface area (Å²) in [6.45, 7) is 12.1. The van der Waals surface area contributed by atoms with Crippen molar-refractivity contribution in [3.8, 4) is 0 Å². The molecule has 0 spiro atoms. The van der Waals surface area contributed by atoms with Crippen molar-refractivity contribution in [1.29, 1.82) is 0 Å². The molecule has 1 aromatic carbocycles. The molecule has 0 heterocycles. The summed E-state index contributed by atoms with van der Waals surface area (Å²) in [5, 5.41) is 0.807. The molecule has 0 amide bonds. The van der Waals surface area contributed by atoms with Crippen LogP contribution >= 0.6 is 11.6 Å². The molecular weight excluding hydrogens is 192 g/mol. The lowest BCUT2D eigenvalue weighted by atomic mass is 10.0. The molecule has 1 rings (SSSR count). The van der Waals surface area contributed by atoms with Gasteiger partial charge in [-0.2, -0.15) is 0 Å². The van der Waals surface area contributed by atoms with Crippen molar-refractivity contribution < 1.29 is 0 Å². The van der Waals surface area contributed by atoms with Crippen LogP contribution in [-0.4, -0.2) is 0 Å². The van der Waals surface area contributed by atoms with E-state index in [1.807, 2.05) is 26.0 Å². The van der Waals surface area contributed by atoms with Crippen molar-refractivity contribution in [2.45, 2.75) is 34.1 Å². The van der Waals surface area contributed by atoms with E-state index in [-0.39, 0.29) is 0 Å². The second kappa shape index (κ2) is 6.67. The van der Waals surface area contributed by atoms with Gasteiger partial charge in [0.15, 0.2) is 0 Å². The summed E-state index contributed by atoms with van der Waals surface area (Å²) < 4.78 is 0. The Kier molecular flexibility index (Phi) is 6.31. The van der Waals surface area contributed by atoms with Crippen molar-refractivity contribution in [1.82, 2.24) is 0 Å². The summed E-state index contributed by atoms with van der Waals surface area (Å²) in [5.41, 5.74) is 3.43. The number of allylic oxidation sites excluding steroid dienone is 1. The van der Waals surface area contributed by atoms with Gasteiger partial charge in [0.25, 0.3) is 0 Å². The minimum Gasteiger partial charge on any atom is -0.0952 e. The van der Waals surface area contributed by atoms with Crippen LogP contribution in [-0.2, 0) is 0 Å². The number of rotatable bonds is 2. The molecule has 0 atom stereocenters. The highest BCUT2D eigenvalue weighted by Gasteiger charge is 2.04. The van der Waals surface area contributed by atoms with Crippen molar-refractivity contribution in [2.24, 2.45) is 0 Å². The topological polar surface area (TPSA) is 0 Å². The standard InChI is InChI=1S/C11H13Cl.C2H6/c1-4-8(2)11-9(3)6-5-7-10(11)12;1-2/h5-7H,2,4H2,1,3H3;1-2H3. The number of halogens is 1. The summed E-state index contributed by atoms with van der Waals surface area (Å²) in [6.07, 6.45) is 0.949. The fraction of sp³-hybridized carbons (Fsp3) is 0.385. The highest BCUT2D eigenvalue weighted by molar-refractivity contribution is 6.32. The van der Waals surface area contributed by atoms with E-state index in [4.69, 9.17) is 11.6 Å². The zero-order valence-electron chi connectivity index (χ0n) is 9.52. The number of hydrogen-bond acceptors (Lipinski definition) is 0. The largest absolute Gasteiger partial charge is 0.0952 e. The molecule has 0 bridgehead atoms. The van der Waals surface area contributed by atoms with Crippen LogP contribution in [0.1, 0.15) is 38.3 Å². The highest BCUT2D eigenvalue weighted by Crippen LogP contribution is 2.27. The van der Waals surface area contributed by atoms with E-state index in [9.17, 15) is 0 Å². The van der Waals surface area contributed by atoms with Gasteiger partial charge in [-0.05, 0) is 36.1 Å². The van der Waals surface area contributed by atoms with Crippen LogP contribution in [0.2, 0.25) is 5.02 Å². The molecule has 0 fully saturated rings. The number of benzene rings is 1. The summed E-state index contributed by atoms with van der Waals surface area (Å²) in [6, 6.07) is 5.93. The lowest BCUT2D eigenvalue weighted by Crippen LogP contribution is -1.87. The van der Waals surface area contributed by atoms with E-state index < -0.39 is 0 Å². The maximum absolute atomic E-state index is 6.04. The van der Waals surface area contributed by atoms with Gasteiger partial charge in [0, 0.05) is 5.02 Å². The molecule has 0 radical (unpaired) electrons. The maximum Gasteiger partial charge on any atom is 0.0483 e. The second-order valence-corrected chi connectivity index (χ2v) is 3.30. The van der Waals surface area contributed by atoms with Crippen LogP contribution in [0.3, 0.4) is 0 Å². The third-order valence-electron chi connectivity index (χ3n) is 2.00. The predicted octanol–water partition coefficient (Wildman–Crippen LogP) is 5.10. The molecule has 0 saturated heterocycles. The lowest BCUT2D eigenvalue weighted by Gasteiger charge is -2.08. The van der Waals surface area contributed by atoms with Gasteiger partial charge in [-0.3, -0.25) is 0 Å². The van der Waals surface area contributed by atoms with Crippen LogP contribution in [0.5, 0.6) is 0 Å². The van der Waals surface area contributed by atoms with Gasteiger partial charge in [0.05, 0.1) is 0 Å². The third-order valence-corrected chi connectivity index (χ3v) is 2.32. The lowest BCUT2D eigenvalue weighted by molar-refractivity contribution is 1.23. The van der Waals surface area contributed by atoms with Crippen LogP contribution < -0.4 is 0 Å². The van der Waals surface area contributed by atoms with Crippen molar-refractivity contribution >= 4 is 17.2 Å². The van der Waals surface area contributed by atoms with Gasteiger partial charge in [-0.25, -0.2) is 0 Å². The van der Waals surface area contributed by atoms with Crippen molar-refractivity contribution in [3.05, 3.63) is 40.9 Å². The quantitative estimate of drug-likeness (QED) is 0.637. The van der Waals surface area contributed by atoms with E-state index in [0.717, 1.165) is 22.6 Å². The molecule has 0 nitrogen and oxygen atoms in total. The molecule has 0 aromatic heterocycles. The molecule has 78 valence electrons. The van der Waals surface area contributed by atoms with Crippen molar-refractivity contribution in [2.75, 3.05) is 0 Å². The zero-order chi connectivity index (χ0) is 11.1. The molecule has 0 aliphatic heterocycles. The summed E-state index contributed by atoms with van der Waals surface area (Å²) in [4.78, 5) is 0. The Bertz CT molecular complexity index is 280. The summed E-state index contributed by atoms with van der Waals surface area (Å²) in [5.74, 6) is 0. The van der Waals surface area contributed by atoms with E-state index in [1.165, 1.54) is 5.56 Å². The number of aryl methyl sites for hydroxylation is 1. The minimum atomic E-state index is 0.807. The highest BCUT2D eigenvalue weighted by atomic mass is 35.5. The van der Waals surface area contributed by atoms with E-state index in [2.05, 4.69) is 26.5 Å².